The van der Waals surface area contributed by atoms with Gasteiger partial charge >= 0.3 is 0 Å². The van der Waals surface area contributed by atoms with Crippen molar-refractivity contribution in [3.8, 4) is 0 Å². The van der Waals surface area contributed by atoms with Gasteiger partial charge < -0.3 is 21.3 Å². The molecule has 4 N–H and O–H groups in total. The molecule has 2 aliphatic rings. The Hall–Kier alpha value is -1.73. The first-order valence-corrected chi connectivity index (χ1v) is 10.4. The van der Waals surface area contributed by atoms with E-state index in [1.54, 1.807) is 0 Å². The maximum Gasteiger partial charge on any atom is 0.237 e. The van der Waals surface area contributed by atoms with E-state index in [1.807, 2.05) is 13.0 Å². The van der Waals surface area contributed by atoms with Gasteiger partial charge in [0.05, 0.1) is 6.04 Å². The monoisotopic (exact) mass is 374 g/mol. The largest absolute Gasteiger partial charge is 0.368 e. The number of hydrogen-bond acceptors (Lipinski definition) is 6. The van der Waals surface area contributed by atoms with E-state index in [2.05, 4.69) is 38.2 Å². The number of anilines is 1. The van der Waals surface area contributed by atoms with E-state index in [1.165, 1.54) is 12.8 Å². The molecule has 1 atom stereocenters. The highest BCUT2D eigenvalue weighted by atomic mass is 16.2. The summed E-state index contributed by atoms with van der Waals surface area (Å²) in [4.78, 5) is 21.5. The molecule has 3 heterocycles. The normalized spacial score (nSPS) is 21.3. The third kappa shape index (κ3) is 5.62. The molecule has 0 aromatic carbocycles. The summed E-state index contributed by atoms with van der Waals surface area (Å²) in [5, 5.41) is 13.2. The van der Waals surface area contributed by atoms with Crippen LogP contribution in [0.2, 0.25) is 0 Å². The summed E-state index contributed by atoms with van der Waals surface area (Å²) in [6.45, 7) is 8.52. The van der Waals surface area contributed by atoms with Gasteiger partial charge in [0.1, 0.15) is 11.6 Å². The second-order valence-electron chi connectivity index (χ2n) is 8.02. The molecule has 2 aliphatic heterocycles. The summed E-state index contributed by atoms with van der Waals surface area (Å²) in [6.07, 6.45) is 6.44. The van der Waals surface area contributed by atoms with Crippen LogP contribution >= 0.6 is 0 Å². The van der Waals surface area contributed by atoms with E-state index >= 15 is 0 Å². The van der Waals surface area contributed by atoms with Gasteiger partial charge in [0, 0.05) is 37.8 Å². The Morgan fingerprint density at radius 3 is 2.89 bits per heavy atom. The molecule has 3 rings (SSSR count). The zero-order valence-electron chi connectivity index (χ0n) is 16.7. The van der Waals surface area contributed by atoms with Crippen LogP contribution in [-0.4, -0.2) is 54.6 Å². The van der Waals surface area contributed by atoms with Crippen LogP contribution in [0.25, 0.3) is 0 Å². The molecule has 0 unspecified atom stereocenters. The summed E-state index contributed by atoms with van der Waals surface area (Å²) in [6, 6.07) is 1.90. The van der Waals surface area contributed by atoms with Crippen LogP contribution in [0.5, 0.6) is 0 Å². The number of aromatic nitrogens is 2. The maximum absolute atomic E-state index is 12.5. The number of nitrogens with one attached hydrogen (secondary N) is 4. The molecular weight excluding hydrogens is 340 g/mol. The van der Waals surface area contributed by atoms with Crippen molar-refractivity contribution in [2.24, 2.45) is 5.41 Å². The molecule has 7 nitrogen and oxygen atoms in total. The highest BCUT2D eigenvalue weighted by Gasteiger charge is 2.41. The molecule has 2 fully saturated rings. The van der Waals surface area contributed by atoms with Crippen LogP contribution in [0, 0.1) is 12.3 Å². The van der Waals surface area contributed by atoms with Crippen LogP contribution in [0.15, 0.2) is 6.07 Å². The van der Waals surface area contributed by atoms with Gasteiger partial charge in [-0.2, -0.15) is 0 Å². The van der Waals surface area contributed by atoms with E-state index in [4.69, 9.17) is 0 Å². The molecule has 7 heteroatoms. The van der Waals surface area contributed by atoms with Crippen molar-refractivity contribution in [1.82, 2.24) is 25.9 Å². The van der Waals surface area contributed by atoms with E-state index in [-0.39, 0.29) is 11.9 Å². The van der Waals surface area contributed by atoms with E-state index < -0.39 is 0 Å². The van der Waals surface area contributed by atoms with Crippen LogP contribution in [0.3, 0.4) is 0 Å². The van der Waals surface area contributed by atoms with E-state index in [9.17, 15) is 4.79 Å². The van der Waals surface area contributed by atoms with Crippen molar-refractivity contribution in [2.75, 3.05) is 38.0 Å². The molecule has 0 bridgehead atoms. The summed E-state index contributed by atoms with van der Waals surface area (Å²) in [5.41, 5.74) is 1.30. The second-order valence-corrected chi connectivity index (χ2v) is 8.02. The fraction of sp³-hybridized carbons (Fsp3) is 0.750. The van der Waals surface area contributed by atoms with Gasteiger partial charge in [0.15, 0.2) is 0 Å². The number of carbonyl (C=O) groups is 1. The number of hydrogen-bond donors (Lipinski definition) is 4. The Balaban J connectivity index is 1.40. The van der Waals surface area contributed by atoms with Crippen LogP contribution in [0.4, 0.5) is 5.82 Å². The number of piperidine rings is 1. The lowest BCUT2D eigenvalue weighted by atomic mass is 9.77. The molecule has 1 aromatic heterocycles. The predicted molar refractivity (Wildman–Crippen MR) is 108 cm³/mol. The Bertz CT molecular complexity index is 629. The average molecular weight is 375 g/mol. The molecule has 150 valence electrons. The first-order chi connectivity index (χ1) is 13.1. The number of carbonyl (C=O) groups excluding carboxylic acids is 1. The lowest BCUT2D eigenvalue weighted by molar-refractivity contribution is -0.122. The maximum atomic E-state index is 12.5. The number of aryl methyl sites for hydroxylation is 2. The first-order valence-electron chi connectivity index (χ1n) is 10.4. The predicted octanol–water partition coefficient (Wildman–Crippen LogP) is 1.39. The number of unbranched alkanes of at least 4 members (excludes halogenated alkanes) is 1. The van der Waals surface area contributed by atoms with Crippen molar-refractivity contribution in [3.05, 3.63) is 17.6 Å². The average Bonchev–Trinajstić information content (AvgIpc) is 3.07. The van der Waals surface area contributed by atoms with Crippen molar-refractivity contribution in [1.29, 1.82) is 0 Å². The van der Waals surface area contributed by atoms with Gasteiger partial charge in [-0.25, -0.2) is 9.97 Å². The second kappa shape index (κ2) is 9.46. The van der Waals surface area contributed by atoms with Crippen molar-refractivity contribution < 1.29 is 4.79 Å². The molecule has 0 saturated carbocycles. The van der Waals surface area contributed by atoms with Gasteiger partial charge in [-0.3, -0.25) is 4.79 Å². The number of amides is 1. The fourth-order valence-corrected chi connectivity index (χ4v) is 4.11. The van der Waals surface area contributed by atoms with Crippen molar-refractivity contribution >= 4 is 11.7 Å². The van der Waals surface area contributed by atoms with Gasteiger partial charge in [-0.1, -0.05) is 13.3 Å². The smallest absolute Gasteiger partial charge is 0.237 e. The Morgan fingerprint density at radius 1 is 1.30 bits per heavy atom. The molecule has 1 amide bonds. The van der Waals surface area contributed by atoms with Crippen molar-refractivity contribution in [2.45, 2.75) is 58.4 Å². The van der Waals surface area contributed by atoms with Gasteiger partial charge in [0.2, 0.25) is 5.91 Å². The molecule has 1 aromatic rings. The standard InChI is InChI=1S/C20H34N6O/c1-3-4-5-17-25-15(2)12-18(26-17)22-10-11-23-19(27)16-13-20(14-24-16)6-8-21-9-7-20/h12,16,21,24H,3-11,13-14H2,1-2H3,(H,23,27)(H,22,25,26)/t16-/m0/s1. The highest BCUT2D eigenvalue weighted by molar-refractivity contribution is 5.82. The Kier molecular flexibility index (Phi) is 7.01. The van der Waals surface area contributed by atoms with Gasteiger partial charge in [-0.05, 0) is 51.1 Å². The quantitative estimate of drug-likeness (QED) is 0.514. The molecule has 27 heavy (non-hydrogen) atoms. The van der Waals surface area contributed by atoms with Gasteiger partial charge in [-0.15, -0.1) is 0 Å². The first kappa shape index (κ1) is 20.0. The Morgan fingerprint density at radius 2 is 2.11 bits per heavy atom. The molecular formula is C20H34N6O. The van der Waals surface area contributed by atoms with E-state index in [0.717, 1.165) is 62.7 Å². The lowest BCUT2D eigenvalue weighted by Crippen LogP contribution is -2.42. The minimum Gasteiger partial charge on any atom is -0.368 e. The van der Waals surface area contributed by atoms with Crippen LogP contribution in [-0.2, 0) is 11.2 Å². The fourth-order valence-electron chi connectivity index (χ4n) is 4.11. The molecule has 0 radical (unpaired) electrons. The summed E-state index contributed by atoms with van der Waals surface area (Å²) >= 11 is 0. The highest BCUT2D eigenvalue weighted by Crippen LogP contribution is 2.37. The minimum absolute atomic E-state index is 0.0509. The van der Waals surface area contributed by atoms with E-state index in [0.29, 0.717) is 18.5 Å². The molecule has 2 saturated heterocycles. The zero-order chi connectivity index (χ0) is 19.1. The summed E-state index contributed by atoms with van der Waals surface area (Å²) in [7, 11) is 0. The number of rotatable bonds is 8. The third-order valence-electron chi connectivity index (χ3n) is 5.73. The Labute approximate surface area is 162 Å². The lowest BCUT2D eigenvalue weighted by Gasteiger charge is -2.33. The summed E-state index contributed by atoms with van der Waals surface area (Å²) < 4.78 is 0. The third-order valence-corrected chi connectivity index (χ3v) is 5.73. The minimum atomic E-state index is -0.0509. The molecule has 0 aliphatic carbocycles. The number of nitrogens with zero attached hydrogens (tertiary/aromatic N) is 2. The van der Waals surface area contributed by atoms with Crippen LogP contribution < -0.4 is 21.3 Å². The summed E-state index contributed by atoms with van der Waals surface area (Å²) in [5.74, 6) is 1.86. The topological polar surface area (TPSA) is 91.0 Å². The zero-order valence-corrected chi connectivity index (χ0v) is 16.7. The molecule has 1 spiro atoms. The van der Waals surface area contributed by atoms with Gasteiger partial charge in [0.25, 0.3) is 0 Å². The van der Waals surface area contributed by atoms with Crippen LogP contribution in [0.1, 0.15) is 50.5 Å². The van der Waals surface area contributed by atoms with Crippen molar-refractivity contribution in [3.63, 3.8) is 0 Å². The SMILES string of the molecule is CCCCc1nc(C)cc(NCCNC(=O)[C@@H]2CC3(CCNCC3)CN2)n1.